The molecule has 3 nitrogen and oxygen atoms in total. The van der Waals surface area contributed by atoms with Crippen molar-refractivity contribution in [2.45, 2.75) is 11.8 Å². The summed E-state index contributed by atoms with van der Waals surface area (Å²) in [5, 5.41) is 9.40. The van der Waals surface area contributed by atoms with Gasteiger partial charge >= 0.3 is 95.5 Å². The molecular weight excluding hydrogens is 277 g/mol. The summed E-state index contributed by atoms with van der Waals surface area (Å²) in [5.41, 5.74) is 1.01. The van der Waals surface area contributed by atoms with Crippen LogP contribution in [0.5, 0.6) is 0 Å². The molecule has 0 aromatic heterocycles. The van der Waals surface area contributed by atoms with Crippen LogP contribution < -0.4 is 0 Å². The SMILES string of the molecule is Cc1ccc(S(=O)(=O)/C=C\[Se]C#N)cc1. The summed E-state index contributed by atoms with van der Waals surface area (Å²) < 4.78 is 23.3. The quantitative estimate of drug-likeness (QED) is 0.790. The minimum atomic E-state index is -3.37. The average molecular weight is 286 g/mol. The summed E-state index contributed by atoms with van der Waals surface area (Å²) in [6.07, 6.45) is 0. The van der Waals surface area contributed by atoms with Crippen molar-refractivity contribution in [3.05, 3.63) is 40.2 Å². The molecule has 0 aliphatic rings. The van der Waals surface area contributed by atoms with Crippen LogP contribution >= 0.6 is 0 Å². The molecule has 0 amide bonds. The fourth-order valence-corrected chi connectivity index (χ4v) is 3.21. The van der Waals surface area contributed by atoms with Gasteiger partial charge in [-0.2, -0.15) is 0 Å². The summed E-state index contributed by atoms with van der Waals surface area (Å²) in [4.78, 5) is 3.58. The van der Waals surface area contributed by atoms with E-state index in [9.17, 15) is 8.42 Å². The number of nitrogens with zero attached hydrogens (tertiary/aromatic N) is 1. The monoisotopic (exact) mass is 287 g/mol. The van der Waals surface area contributed by atoms with Crippen molar-refractivity contribution >= 4 is 24.8 Å². The normalized spacial score (nSPS) is 11.5. The first-order chi connectivity index (χ1) is 7.06. The van der Waals surface area contributed by atoms with Crippen LogP contribution in [0.3, 0.4) is 0 Å². The van der Waals surface area contributed by atoms with Crippen LogP contribution in [-0.2, 0) is 9.84 Å². The number of nitriles is 1. The molecule has 0 saturated heterocycles. The number of hydrogen-bond donors (Lipinski definition) is 0. The number of rotatable bonds is 3. The molecular formula is C10H9NO2SSe. The predicted molar refractivity (Wildman–Crippen MR) is 58.9 cm³/mol. The van der Waals surface area contributed by atoms with E-state index in [0.717, 1.165) is 11.0 Å². The van der Waals surface area contributed by atoms with Crippen LogP contribution in [0.4, 0.5) is 0 Å². The van der Waals surface area contributed by atoms with E-state index in [2.05, 4.69) is 0 Å². The van der Waals surface area contributed by atoms with Crippen LogP contribution in [0.2, 0.25) is 0 Å². The number of aryl methyl sites for hydroxylation is 1. The van der Waals surface area contributed by atoms with Gasteiger partial charge in [0.1, 0.15) is 0 Å². The number of sulfone groups is 1. The zero-order valence-electron chi connectivity index (χ0n) is 8.04. The molecule has 1 aromatic rings. The van der Waals surface area contributed by atoms with Gasteiger partial charge in [-0.25, -0.2) is 0 Å². The van der Waals surface area contributed by atoms with E-state index >= 15 is 0 Å². The Morgan fingerprint density at radius 3 is 2.47 bits per heavy atom. The fourth-order valence-electron chi connectivity index (χ4n) is 0.938. The predicted octanol–water partition coefficient (Wildman–Crippen LogP) is 1.43. The zero-order valence-corrected chi connectivity index (χ0v) is 10.6. The Kier molecular flexibility index (Phi) is 4.10. The van der Waals surface area contributed by atoms with Crippen molar-refractivity contribution in [2.75, 3.05) is 0 Å². The van der Waals surface area contributed by atoms with Gasteiger partial charge in [-0.05, 0) is 0 Å². The molecule has 0 N–H and O–H groups in total. The Morgan fingerprint density at radius 1 is 1.33 bits per heavy atom. The Morgan fingerprint density at radius 2 is 1.93 bits per heavy atom. The molecule has 78 valence electrons. The summed E-state index contributed by atoms with van der Waals surface area (Å²) in [6.45, 7) is 1.89. The van der Waals surface area contributed by atoms with E-state index in [1.807, 2.05) is 11.9 Å². The molecule has 0 fully saturated rings. The van der Waals surface area contributed by atoms with Crippen LogP contribution in [0.15, 0.2) is 39.5 Å². The molecule has 0 heterocycles. The van der Waals surface area contributed by atoms with Gasteiger partial charge in [0.05, 0.1) is 0 Å². The van der Waals surface area contributed by atoms with Crippen LogP contribution in [0.25, 0.3) is 0 Å². The maximum absolute atomic E-state index is 11.6. The van der Waals surface area contributed by atoms with E-state index in [-0.39, 0.29) is 4.90 Å². The van der Waals surface area contributed by atoms with Crippen molar-refractivity contribution < 1.29 is 8.42 Å². The third-order valence-electron chi connectivity index (χ3n) is 1.70. The Labute approximate surface area is 95.5 Å². The molecule has 5 heteroatoms. The van der Waals surface area contributed by atoms with E-state index in [0.29, 0.717) is 0 Å². The maximum atomic E-state index is 11.6. The summed E-state index contributed by atoms with van der Waals surface area (Å²) >= 11 is -0.405. The second kappa shape index (κ2) is 5.13. The molecule has 0 unspecified atom stereocenters. The van der Waals surface area contributed by atoms with Crippen molar-refractivity contribution in [1.29, 1.82) is 5.26 Å². The van der Waals surface area contributed by atoms with E-state index in [1.165, 1.54) is 4.97 Å². The Bertz CT molecular complexity index is 497. The second-order valence-electron chi connectivity index (χ2n) is 2.84. The first-order valence-electron chi connectivity index (χ1n) is 4.09. The van der Waals surface area contributed by atoms with Gasteiger partial charge in [-0.15, -0.1) is 0 Å². The van der Waals surface area contributed by atoms with Crippen molar-refractivity contribution in [3.8, 4) is 4.97 Å². The standard InChI is InChI=1S/C10H9NO2SSe/c1-9-2-4-10(5-3-9)14(12,13)6-7-15-8-11/h2-7H,1H3/b7-6-. The third kappa shape index (κ3) is 3.52. The van der Waals surface area contributed by atoms with Gasteiger partial charge < -0.3 is 0 Å². The summed E-state index contributed by atoms with van der Waals surface area (Å²) in [5.74, 6) is 0. The van der Waals surface area contributed by atoms with Crippen LogP contribution in [0, 0.1) is 17.2 Å². The number of hydrogen-bond acceptors (Lipinski definition) is 3. The summed E-state index contributed by atoms with van der Waals surface area (Å²) in [6, 6.07) is 6.62. The molecule has 0 saturated carbocycles. The van der Waals surface area contributed by atoms with Gasteiger partial charge in [0, 0.05) is 0 Å². The molecule has 0 spiro atoms. The van der Waals surface area contributed by atoms with E-state index in [1.54, 1.807) is 24.3 Å². The van der Waals surface area contributed by atoms with Crippen molar-refractivity contribution in [1.82, 2.24) is 0 Å². The minimum absolute atomic E-state index is 0.262. The molecule has 0 radical (unpaired) electrons. The molecule has 0 aliphatic carbocycles. The van der Waals surface area contributed by atoms with Gasteiger partial charge in [0.25, 0.3) is 0 Å². The molecule has 1 aromatic carbocycles. The van der Waals surface area contributed by atoms with E-state index < -0.39 is 24.8 Å². The third-order valence-corrected chi connectivity index (χ3v) is 4.31. The fraction of sp³-hybridized carbons (Fsp3) is 0.100. The molecule has 0 aliphatic heterocycles. The molecule has 1 rings (SSSR count). The van der Waals surface area contributed by atoms with Gasteiger partial charge in [0.15, 0.2) is 0 Å². The van der Waals surface area contributed by atoms with Gasteiger partial charge in [-0.3, -0.25) is 0 Å². The average Bonchev–Trinajstić information content (AvgIpc) is 2.18. The molecule has 0 bridgehead atoms. The Hall–Kier alpha value is -1.08. The first-order valence-corrected chi connectivity index (χ1v) is 7.48. The molecule has 0 atom stereocenters. The van der Waals surface area contributed by atoms with E-state index in [4.69, 9.17) is 5.26 Å². The van der Waals surface area contributed by atoms with Gasteiger partial charge in [0.2, 0.25) is 0 Å². The second-order valence-corrected chi connectivity index (χ2v) is 6.12. The van der Waals surface area contributed by atoms with Crippen LogP contribution in [-0.4, -0.2) is 23.4 Å². The van der Waals surface area contributed by atoms with Crippen LogP contribution in [0.1, 0.15) is 5.56 Å². The number of benzene rings is 1. The first kappa shape index (κ1) is 12.0. The van der Waals surface area contributed by atoms with Crippen molar-refractivity contribution in [2.24, 2.45) is 0 Å². The summed E-state index contributed by atoms with van der Waals surface area (Å²) in [7, 11) is -3.37. The molecule has 15 heavy (non-hydrogen) atoms. The topological polar surface area (TPSA) is 57.9 Å². The zero-order chi connectivity index (χ0) is 11.3. The van der Waals surface area contributed by atoms with Crippen molar-refractivity contribution in [3.63, 3.8) is 0 Å². The van der Waals surface area contributed by atoms with Gasteiger partial charge in [-0.1, -0.05) is 0 Å². The Balaban J connectivity index is 2.98.